The van der Waals surface area contributed by atoms with Crippen molar-refractivity contribution in [3.8, 4) is 0 Å². The van der Waals surface area contributed by atoms with Crippen LogP contribution in [0.1, 0.15) is 12.5 Å². The molecule has 0 aliphatic heterocycles. The first-order valence-electron chi connectivity index (χ1n) is 6.95. The van der Waals surface area contributed by atoms with Crippen LogP contribution in [0.5, 0.6) is 0 Å². The van der Waals surface area contributed by atoms with Crippen molar-refractivity contribution in [3.63, 3.8) is 0 Å². The van der Waals surface area contributed by atoms with Crippen LogP contribution in [0.3, 0.4) is 0 Å². The number of likely N-dealkylation sites (N-methyl/N-ethyl adjacent to an activating group) is 1. The lowest BCUT2D eigenvalue weighted by atomic mass is 10.2. The van der Waals surface area contributed by atoms with Crippen LogP contribution in [-0.2, 0) is 4.79 Å². The number of nitrogens with zero attached hydrogens (tertiary/aromatic N) is 1. The number of rotatable bonds is 5. The second kappa shape index (κ2) is 7.14. The molecule has 0 spiro atoms. The van der Waals surface area contributed by atoms with E-state index in [1.807, 2.05) is 49.1 Å². The molecule has 2 rings (SSSR count). The molecule has 0 heterocycles. The lowest BCUT2D eigenvalue weighted by Crippen LogP contribution is -2.33. The fraction of sp³-hybridized carbons (Fsp3) is 0.235. The summed E-state index contributed by atoms with van der Waals surface area (Å²) in [5, 5.41) is 3.48. The zero-order valence-electron chi connectivity index (χ0n) is 12.3. The Balaban J connectivity index is 2.03. The van der Waals surface area contributed by atoms with Crippen LogP contribution < -0.4 is 10.2 Å². The zero-order chi connectivity index (χ0) is 15.2. The number of hydrogen-bond donors (Lipinski definition) is 1. The van der Waals surface area contributed by atoms with Gasteiger partial charge in [0.2, 0.25) is 5.91 Å². The van der Waals surface area contributed by atoms with Gasteiger partial charge in [0.15, 0.2) is 0 Å². The predicted molar refractivity (Wildman–Crippen MR) is 89.1 cm³/mol. The van der Waals surface area contributed by atoms with Gasteiger partial charge in [-0.1, -0.05) is 29.8 Å². The third-order valence-electron chi connectivity index (χ3n) is 3.19. The Bertz CT molecular complexity index is 628. The minimum Gasteiger partial charge on any atom is -0.362 e. The van der Waals surface area contributed by atoms with Crippen molar-refractivity contribution in [3.05, 3.63) is 59.1 Å². The van der Waals surface area contributed by atoms with E-state index in [1.54, 1.807) is 12.1 Å². The van der Waals surface area contributed by atoms with Crippen LogP contribution in [-0.4, -0.2) is 19.0 Å². The number of carbonyl (C=O) groups excluding carboxylic acids is 1. The summed E-state index contributed by atoms with van der Waals surface area (Å²) in [5.74, 6) is -0.0550. The SMILES string of the molecule is CCN(CC(=O)Nc1cccc(Cl)c1)c1cccc(C)c1. The van der Waals surface area contributed by atoms with E-state index in [9.17, 15) is 4.79 Å². The Morgan fingerprint density at radius 1 is 1.19 bits per heavy atom. The normalized spacial score (nSPS) is 10.2. The Morgan fingerprint density at radius 3 is 2.62 bits per heavy atom. The van der Waals surface area contributed by atoms with Crippen LogP contribution in [0, 0.1) is 6.92 Å². The third-order valence-corrected chi connectivity index (χ3v) is 3.43. The van der Waals surface area contributed by atoms with Gasteiger partial charge < -0.3 is 10.2 Å². The molecule has 0 bridgehead atoms. The first-order chi connectivity index (χ1) is 10.1. The lowest BCUT2D eigenvalue weighted by molar-refractivity contribution is -0.115. The maximum Gasteiger partial charge on any atom is 0.243 e. The number of halogens is 1. The van der Waals surface area contributed by atoms with Crippen molar-refractivity contribution < 1.29 is 4.79 Å². The first-order valence-corrected chi connectivity index (χ1v) is 7.33. The molecule has 0 aliphatic rings. The molecular formula is C17H19ClN2O. The highest BCUT2D eigenvalue weighted by Gasteiger charge is 2.10. The molecule has 0 radical (unpaired) electrons. The molecule has 0 saturated carbocycles. The second-order valence-corrected chi connectivity index (χ2v) is 5.35. The van der Waals surface area contributed by atoms with E-state index in [0.29, 0.717) is 17.3 Å². The predicted octanol–water partition coefficient (Wildman–Crippen LogP) is 4.11. The third kappa shape index (κ3) is 4.50. The maximum atomic E-state index is 12.2. The van der Waals surface area contributed by atoms with Crippen LogP contribution >= 0.6 is 11.6 Å². The van der Waals surface area contributed by atoms with Gasteiger partial charge in [-0.25, -0.2) is 0 Å². The van der Waals surface area contributed by atoms with E-state index in [4.69, 9.17) is 11.6 Å². The number of hydrogen-bond acceptors (Lipinski definition) is 2. The summed E-state index contributed by atoms with van der Waals surface area (Å²) in [6.07, 6.45) is 0. The fourth-order valence-electron chi connectivity index (χ4n) is 2.15. The first kappa shape index (κ1) is 15.4. The summed E-state index contributed by atoms with van der Waals surface area (Å²) >= 11 is 5.91. The van der Waals surface area contributed by atoms with E-state index < -0.39 is 0 Å². The van der Waals surface area contributed by atoms with Crippen molar-refractivity contribution in [1.29, 1.82) is 0 Å². The molecule has 0 unspecified atom stereocenters. The molecule has 0 saturated heterocycles. The fourth-order valence-corrected chi connectivity index (χ4v) is 2.34. The Kier molecular flexibility index (Phi) is 5.23. The highest BCUT2D eigenvalue weighted by Crippen LogP contribution is 2.17. The minimum absolute atomic E-state index is 0.0550. The summed E-state index contributed by atoms with van der Waals surface area (Å²) in [6.45, 7) is 5.16. The number of benzene rings is 2. The van der Waals surface area contributed by atoms with Gasteiger partial charge in [0.25, 0.3) is 0 Å². The molecule has 1 N–H and O–H groups in total. The minimum atomic E-state index is -0.0550. The lowest BCUT2D eigenvalue weighted by Gasteiger charge is -2.23. The van der Waals surface area contributed by atoms with Crippen molar-refractivity contribution in [1.82, 2.24) is 0 Å². The molecule has 4 heteroatoms. The van der Waals surface area contributed by atoms with Crippen LogP contribution in [0.4, 0.5) is 11.4 Å². The summed E-state index contributed by atoms with van der Waals surface area (Å²) in [6, 6.07) is 15.3. The van der Waals surface area contributed by atoms with Gasteiger partial charge in [0, 0.05) is 22.9 Å². The van der Waals surface area contributed by atoms with E-state index in [0.717, 1.165) is 12.2 Å². The standard InChI is InChI=1S/C17H19ClN2O/c1-3-20(16-9-4-6-13(2)10-16)12-17(21)19-15-8-5-7-14(18)11-15/h4-11H,3,12H2,1-2H3,(H,19,21). The van der Waals surface area contributed by atoms with Gasteiger partial charge in [-0.05, 0) is 49.7 Å². The molecule has 21 heavy (non-hydrogen) atoms. The quantitative estimate of drug-likeness (QED) is 0.901. The van der Waals surface area contributed by atoms with Crippen molar-refractivity contribution in [2.75, 3.05) is 23.3 Å². The van der Waals surface area contributed by atoms with Crippen molar-refractivity contribution in [2.24, 2.45) is 0 Å². The zero-order valence-corrected chi connectivity index (χ0v) is 13.0. The largest absolute Gasteiger partial charge is 0.362 e. The molecule has 0 aliphatic carbocycles. The summed E-state index contributed by atoms with van der Waals surface area (Å²) in [5.41, 5.74) is 2.95. The molecular weight excluding hydrogens is 284 g/mol. The maximum absolute atomic E-state index is 12.2. The molecule has 0 aromatic heterocycles. The second-order valence-electron chi connectivity index (χ2n) is 4.91. The highest BCUT2D eigenvalue weighted by atomic mass is 35.5. The Morgan fingerprint density at radius 2 is 1.95 bits per heavy atom. The molecule has 110 valence electrons. The molecule has 0 fully saturated rings. The number of carbonyl (C=O) groups is 1. The number of anilines is 2. The van der Waals surface area contributed by atoms with Gasteiger partial charge >= 0.3 is 0 Å². The monoisotopic (exact) mass is 302 g/mol. The van der Waals surface area contributed by atoms with Crippen molar-refractivity contribution >= 4 is 28.9 Å². The Hall–Kier alpha value is -2.00. The average molecular weight is 303 g/mol. The Labute approximate surface area is 130 Å². The van der Waals surface area contributed by atoms with Gasteiger partial charge in [0.05, 0.1) is 6.54 Å². The number of amides is 1. The van der Waals surface area contributed by atoms with E-state index in [2.05, 4.69) is 11.4 Å². The van der Waals surface area contributed by atoms with Gasteiger partial charge in [0.1, 0.15) is 0 Å². The van der Waals surface area contributed by atoms with E-state index >= 15 is 0 Å². The van der Waals surface area contributed by atoms with Gasteiger partial charge in [-0.15, -0.1) is 0 Å². The van der Waals surface area contributed by atoms with Gasteiger partial charge in [-0.3, -0.25) is 4.79 Å². The topological polar surface area (TPSA) is 32.3 Å². The highest BCUT2D eigenvalue weighted by molar-refractivity contribution is 6.30. The molecule has 1 amide bonds. The summed E-state index contributed by atoms with van der Waals surface area (Å²) in [4.78, 5) is 14.2. The van der Waals surface area contributed by atoms with Crippen LogP contribution in [0.15, 0.2) is 48.5 Å². The summed E-state index contributed by atoms with van der Waals surface area (Å²) < 4.78 is 0. The van der Waals surface area contributed by atoms with Crippen LogP contribution in [0.25, 0.3) is 0 Å². The number of aryl methyl sites for hydroxylation is 1. The molecule has 2 aromatic carbocycles. The number of nitrogens with one attached hydrogen (secondary N) is 1. The van der Waals surface area contributed by atoms with E-state index in [-0.39, 0.29) is 5.91 Å². The van der Waals surface area contributed by atoms with Gasteiger partial charge in [-0.2, -0.15) is 0 Å². The molecule has 0 atom stereocenters. The molecule has 3 nitrogen and oxygen atoms in total. The van der Waals surface area contributed by atoms with Crippen LogP contribution in [0.2, 0.25) is 5.02 Å². The molecule has 2 aromatic rings. The smallest absolute Gasteiger partial charge is 0.243 e. The average Bonchev–Trinajstić information content (AvgIpc) is 2.44. The van der Waals surface area contributed by atoms with Crippen molar-refractivity contribution in [2.45, 2.75) is 13.8 Å². The van der Waals surface area contributed by atoms with E-state index in [1.165, 1.54) is 5.56 Å². The summed E-state index contributed by atoms with van der Waals surface area (Å²) in [7, 11) is 0.